The number of rotatable bonds is 3. The van der Waals surface area contributed by atoms with Gasteiger partial charge in [-0.15, -0.1) is 0 Å². The highest BCUT2D eigenvalue weighted by Gasteiger charge is 2.47. The maximum absolute atomic E-state index is 12.2. The summed E-state index contributed by atoms with van der Waals surface area (Å²) < 4.78 is 1.82. The quantitative estimate of drug-likeness (QED) is 0.848. The summed E-state index contributed by atoms with van der Waals surface area (Å²) in [5.41, 5.74) is 1.40. The van der Waals surface area contributed by atoms with Crippen LogP contribution in [0.2, 0.25) is 0 Å². The molecule has 2 aromatic heterocycles. The average molecular weight is 256 g/mol. The van der Waals surface area contributed by atoms with E-state index in [1.165, 1.54) is 6.42 Å². The van der Waals surface area contributed by atoms with Gasteiger partial charge in [0.25, 0.3) is 5.91 Å². The molecule has 0 spiro atoms. The first-order chi connectivity index (χ1) is 9.33. The van der Waals surface area contributed by atoms with Gasteiger partial charge in [0.2, 0.25) is 0 Å². The van der Waals surface area contributed by atoms with Gasteiger partial charge in [0.05, 0.1) is 6.20 Å². The highest BCUT2D eigenvalue weighted by Crippen LogP contribution is 2.44. The van der Waals surface area contributed by atoms with Crippen LogP contribution in [0.5, 0.6) is 0 Å². The van der Waals surface area contributed by atoms with Gasteiger partial charge < -0.3 is 10.6 Å². The number of nitrogens with one attached hydrogen (secondary N) is 2. The van der Waals surface area contributed by atoms with Crippen LogP contribution < -0.4 is 10.6 Å². The molecule has 0 bridgehead atoms. The minimum Gasteiger partial charge on any atom is -0.349 e. The summed E-state index contributed by atoms with van der Waals surface area (Å²) in [6.45, 7) is 1.82. The van der Waals surface area contributed by atoms with Crippen LogP contribution in [-0.2, 0) is 0 Å². The van der Waals surface area contributed by atoms with Crippen LogP contribution in [0.4, 0.5) is 0 Å². The van der Waals surface area contributed by atoms with Gasteiger partial charge in [-0.3, -0.25) is 9.20 Å². The number of hydrogen-bond acceptors (Lipinski definition) is 3. The van der Waals surface area contributed by atoms with Crippen LogP contribution in [0, 0.1) is 11.8 Å². The van der Waals surface area contributed by atoms with Crippen molar-refractivity contribution in [1.29, 1.82) is 0 Å². The van der Waals surface area contributed by atoms with Crippen molar-refractivity contribution >= 4 is 11.6 Å². The van der Waals surface area contributed by atoms with Gasteiger partial charge in [0, 0.05) is 18.8 Å². The van der Waals surface area contributed by atoms with Crippen molar-refractivity contribution < 1.29 is 4.79 Å². The monoisotopic (exact) mass is 256 g/mol. The van der Waals surface area contributed by atoms with Gasteiger partial charge in [-0.1, -0.05) is 6.07 Å². The lowest BCUT2D eigenvalue weighted by Gasteiger charge is -2.13. The minimum absolute atomic E-state index is 0.0513. The fourth-order valence-electron chi connectivity index (χ4n) is 3.07. The van der Waals surface area contributed by atoms with E-state index in [0.29, 0.717) is 18.3 Å². The second-order valence-electron chi connectivity index (χ2n) is 5.46. The molecule has 0 radical (unpaired) electrons. The predicted octanol–water partition coefficient (Wildman–Crippen LogP) is 0.672. The molecule has 5 nitrogen and oxygen atoms in total. The second kappa shape index (κ2) is 4.06. The van der Waals surface area contributed by atoms with Crippen molar-refractivity contribution in [3.05, 3.63) is 36.3 Å². The van der Waals surface area contributed by atoms with Crippen molar-refractivity contribution in [2.24, 2.45) is 11.8 Å². The lowest BCUT2D eigenvalue weighted by Crippen LogP contribution is -2.39. The van der Waals surface area contributed by atoms with Gasteiger partial charge in [0.15, 0.2) is 0 Å². The average Bonchev–Trinajstić information content (AvgIpc) is 2.93. The number of carbonyl (C=O) groups is 1. The first-order valence-electron chi connectivity index (χ1n) is 6.76. The number of nitrogens with zero attached hydrogens (tertiary/aromatic N) is 2. The summed E-state index contributed by atoms with van der Waals surface area (Å²) in [5, 5.41) is 6.47. The number of pyridine rings is 1. The van der Waals surface area contributed by atoms with Crippen LogP contribution in [-0.4, -0.2) is 34.4 Å². The van der Waals surface area contributed by atoms with Crippen molar-refractivity contribution in [3.63, 3.8) is 0 Å². The Morgan fingerprint density at radius 3 is 3.26 bits per heavy atom. The number of fused-ring (bicyclic) bond motifs is 2. The topological polar surface area (TPSA) is 58.4 Å². The molecule has 1 saturated heterocycles. The number of piperidine rings is 1. The molecule has 1 saturated carbocycles. The zero-order chi connectivity index (χ0) is 12.8. The highest BCUT2D eigenvalue weighted by molar-refractivity contribution is 5.93. The zero-order valence-electron chi connectivity index (χ0n) is 10.5. The molecular formula is C14H16N4O. The minimum atomic E-state index is -0.0513. The van der Waals surface area contributed by atoms with E-state index >= 15 is 0 Å². The Morgan fingerprint density at radius 1 is 1.53 bits per heavy atom. The van der Waals surface area contributed by atoms with Gasteiger partial charge in [-0.2, -0.15) is 0 Å². The standard InChI is InChI=1S/C14H16N4O/c19-14(17-7-11-10-5-9(10)6-15-11)12-8-16-13-3-1-2-4-18(12)13/h1-4,8-11,15H,5-7H2,(H,17,19)/t9-,10-,11+/m0/s1. The van der Waals surface area contributed by atoms with E-state index < -0.39 is 0 Å². The van der Waals surface area contributed by atoms with E-state index in [1.807, 2.05) is 28.8 Å². The van der Waals surface area contributed by atoms with E-state index in [9.17, 15) is 4.79 Å². The first kappa shape index (κ1) is 11.0. The van der Waals surface area contributed by atoms with E-state index in [2.05, 4.69) is 15.6 Å². The third kappa shape index (κ3) is 1.81. The van der Waals surface area contributed by atoms with Crippen molar-refractivity contribution in [1.82, 2.24) is 20.0 Å². The number of amides is 1. The summed E-state index contributed by atoms with van der Waals surface area (Å²) >= 11 is 0. The fourth-order valence-corrected chi connectivity index (χ4v) is 3.07. The Balaban J connectivity index is 1.47. The van der Waals surface area contributed by atoms with E-state index in [-0.39, 0.29) is 5.91 Å². The summed E-state index contributed by atoms with van der Waals surface area (Å²) in [6, 6.07) is 6.16. The lowest BCUT2D eigenvalue weighted by molar-refractivity contribution is 0.0943. The Bertz CT molecular complexity index is 635. The lowest BCUT2D eigenvalue weighted by atomic mass is 10.2. The van der Waals surface area contributed by atoms with E-state index in [1.54, 1.807) is 6.20 Å². The molecule has 1 aliphatic carbocycles. The normalized spacial score (nSPS) is 28.3. The number of hydrogen-bond donors (Lipinski definition) is 2. The largest absolute Gasteiger partial charge is 0.349 e. The predicted molar refractivity (Wildman–Crippen MR) is 70.9 cm³/mol. The first-order valence-corrected chi connectivity index (χ1v) is 6.76. The molecule has 1 amide bonds. The summed E-state index contributed by atoms with van der Waals surface area (Å²) in [5.74, 6) is 1.59. The van der Waals surface area contributed by atoms with Crippen LogP contribution in [0.15, 0.2) is 30.6 Å². The highest BCUT2D eigenvalue weighted by atomic mass is 16.1. The molecule has 2 aliphatic rings. The molecule has 4 rings (SSSR count). The molecule has 19 heavy (non-hydrogen) atoms. The van der Waals surface area contributed by atoms with Crippen molar-refractivity contribution in [2.45, 2.75) is 12.5 Å². The van der Waals surface area contributed by atoms with Crippen molar-refractivity contribution in [3.8, 4) is 0 Å². The summed E-state index contributed by atoms with van der Waals surface area (Å²) in [4.78, 5) is 16.4. The maximum atomic E-state index is 12.2. The molecule has 2 fully saturated rings. The molecule has 0 aromatic carbocycles. The number of aromatic nitrogens is 2. The van der Waals surface area contributed by atoms with Crippen LogP contribution >= 0.6 is 0 Å². The molecule has 2 aromatic rings. The van der Waals surface area contributed by atoms with Gasteiger partial charge in [-0.25, -0.2) is 4.98 Å². The van der Waals surface area contributed by atoms with Gasteiger partial charge in [0.1, 0.15) is 11.3 Å². The van der Waals surface area contributed by atoms with Crippen LogP contribution in [0.1, 0.15) is 16.9 Å². The summed E-state index contributed by atoms with van der Waals surface area (Å²) in [6.07, 6.45) is 4.82. The van der Waals surface area contributed by atoms with E-state index in [0.717, 1.165) is 24.0 Å². The van der Waals surface area contributed by atoms with Crippen LogP contribution in [0.3, 0.4) is 0 Å². The molecule has 1 aliphatic heterocycles. The van der Waals surface area contributed by atoms with Gasteiger partial charge in [-0.05, 0) is 36.9 Å². The van der Waals surface area contributed by atoms with Crippen molar-refractivity contribution in [2.75, 3.05) is 13.1 Å². The maximum Gasteiger partial charge on any atom is 0.269 e. The van der Waals surface area contributed by atoms with Crippen LogP contribution in [0.25, 0.3) is 5.65 Å². The van der Waals surface area contributed by atoms with E-state index in [4.69, 9.17) is 0 Å². The molecule has 3 heterocycles. The fraction of sp³-hybridized carbons (Fsp3) is 0.429. The zero-order valence-corrected chi connectivity index (χ0v) is 10.5. The number of imidazole rings is 1. The molecule has 98 valence electrons. The Labute approximate surface area is 111 Å². The summed E-state index contributed by atoms with van der Waals surface area (Å²) in [7, 11) is 0. The third-order valence-electron chi connectivity index (χ3n) is 4.27. The van der Waals surface area contributed by atoms with Gasteiger partial charge >= 0.3 is 0 Å². The Kier molecular flexibility index (Phi) is 2.35. The number of carbonyl (C=O) groups excluding carboxylic acids is 1. The SMILES string of the molecule is O=C(NC[C@H]1NC[C@@H]2C[C@@H]21)c1cnc2ccccn12. The second-order valence-corrected chi connectivity index (χ2v) is 5.46. The molecular weight excluding hydrogens is 240 g/mol. The Morgan fingerprint density at radius 2 is 2.47 bits per heavy atom. The smallest absolute Gasteiger partial charge is 0.269 e. The Hall–Kier alpha value is -1.88. The molecule has 0 unspecified atom stereocenters. The molecule has 2 N–H and O–H groups in total. The third-order valence-corrected chi connectivity index (χ3v) is 4.27. The molecule has 5 heteroatoms. The molecule has 3 atom stereocenters.